The van der Waals surface area contributed by atoms with E-state index in [0.29, 0.717) is 6.04 Å². The fraction of sp³-hybridized carbons (Fsp3) is 0.500. The number of fused-ring (bicyclic) bond motifs is 1. The zero-order valence-electron chi connectivity index (χ0n) is 11.9. The maximum absolute atomic E-state index is 3.50. The summed E-state index contributed by atoms with van der Waals surface area (Å²) in [5, 5.41) is 4.92. The van der Waals surface area contributed by atoms with Crippen molar-refractivity contribution in [2.45, 2.75) is 33.0 Å². The predicted molar refractivity (Wildman–Crippen MR) is 80.4 cm³/mol. The number of rotatable bonds is 3. The highest BCUT2D eigenvalue weighted by molar-refractivity contribution is 5.83. The lowest BCUT2D eigenvalue weighted by molar-refractivity contribution is 0.200. The summed E-state index contributed by atoms with van der Waals surface area (Å²) in [5.41, 5.74) is 2.83. The van der Waals surface area contributed by atoms with Crippen LogP contribution in [-0.4, -0.2) is 35.1 Å². The third kappa shape index (κ3) is 2.53. The Morgan fingerprint density at radius 1 is 1.32 bits per heavy atom. The first kappa shape index (κ1) is 12.7. The molecule has 3 nitrogen and oxygen atoms in total. The van der Waals surface area contributed by atoms with Crippen molar-refractivity contribution in [2.24, 2.45) is 0 Å². The van der Waals surface area contributed by atoms with E-state index >= 15 is 0 Å². The van der Waals surface area contributed by atoms with Gasteiger partial charge in [0.05, 0.1) is 0 Å². The summed E-state index contributed by atoms with van der Waals surface area (Å²) in [4.78, 5) is 2.56. The summed E-state index contributed by atoms with van der Waals surface area (Å²) in [6, 6.07) is 9.36. The molecule has 1 unspecified atom stereocenters. The first-order valence-corrected chi connectivity index (χ1v) is 7.30. The zero-order valence-corrected chi connectivity index (χ0v) is 11.9. The van der Waals surface area contributed by atoms with Gasteiger partial charge in [-0.15, -0.1) is 0 Å². The Labute approximate surface area is 115 Å². The molecule has 0 bridgehead atoms. The second-order valence-corrected chi connectivity index (χ2v) is 5.55. The fourth-order valence-corrected chi connectivity index (χ4v) is 3.11. The van der Waals surface area contributed by atoms with Gasteiger partial charge < -0.3 is 9.88 Å². The molecule has 1 saturated heterocycles. The second kappa shape index (κ2) is 5.35. The lowest BCUT2D eigenvalue weighted by Gasteiger charge is -2.31. The van der Waals surface area contributed by atoms with Gasteiger partial charge in [0.2, 0.25) is 0 Å². The number of nitrogens with one attached hydrogen (secondary N) is 1. The molecular formula is C16H23N3. The number of hydrogen-bond donors (Lipinski definition) is 1. The van der Waals surface area contributed by atoms with Gasteiger partial charge >= 0.3 is 0 Å². The van der Waals surface area contributed by atoms with Crippen LogP contribution < -0.4 is 5.32 Å². The maximum atomic E-state index is 3.50. The van der Waals surface area contributed by atoms with E-state index in [0.717, 1.165) is 32.7 Å². The van der Waals surface area contributed by atoms with Gasteiger partial charge in [0, 0.05) is 55.9 Å². The molecule has 0 aliphatic carbocycles. The average Bonchev–Trinajstić information content (AvgIpc) is 2.77. The standard InChI is InChI=1S/C16H23N3/c1-3-19-12-14(15-6-4-5-7-16(15)19)11-18-9-8-17-13(2)10-18/h4-7,12-13,17H,3,8-11H2,1-2H3. The van der Waals surface area contributed by atoms with Crippen molar-refractivity contribution in [1.82, 2.24) is 14.8 Å². The van der Waals surface area contributed by atoms with Crippen molar-refractivity contribution in [3.05, 3.63) is 36.0 Å². The van der Waals surface area contributed by atoms with Crippen molar-refractivity contribution in [3.8, 4) is 0 Å². The number of benzene rings is 1. The van der Waals surface area contributed by atoms with Gasteiger partial charge in [0.1, 0.15) is 0 Å². The van der Waals surface area contributed by atoms with E-state index in [-0.39, 0.29) is 0 Å². The van der Waals surface area contributed by atoms with Crippen LogP contribution in [0.2, 0.25) is 0 Å². The monoisotopic (exact) mass is 257 g/mol. The highest BCUT2D eigenvalue weighted by Crippen LogP contribution is 2.23. The number of aromatic nitrogens is 1. The fourth-order valence-electron chi connectivity index (χ4n) is 3.11. The van der Waals surface area contributed by atoms with Gasteiger partial charge in [-0.25, -0.2) is 0 Å². The van der Waals surface area contributed by atoms with Crippen LogP contribution in [0.25, 0.3) is 10.9 Å². The molecule has 1 aliphatic rings. The molecule has 0 spiro atoms. The van der Waals surface area contributed by atoms with Crippen molar-refractivity contribution < 1.29 is 0 Å². The lowest BCUT2D eigenvalue weighted by Crippen LogP contribution is -2.48. The van der Waals surface area contributed by atoms with Crippen molar-refractivity contribution in [1.29, 1.82) is 0 Å². The molecule has 1 aliphatic heterocycles. The summed E-state index contributed by atoms with van der Waals surface area (Å²) in [6.07, 6.45) is 2.33. The Balaban J connectivity index is 1.88. The van der Waals surface area contributed by atoms with Gasteiger partial charge in [0.15, 0.2) is 0 Å². The average molecular weight is 257 g/mol. The number of hydrogen-bond acceptors (Lipinski definition) is 2. The van der Waals surface area contributed by atoms with E-state index in [1.807, 2.05) is 0 Å². The van der Waals surface area contributed by atoms with E-state index in [4.69, 9.17) is 0 Å². The lowest BCUT2D eigenvalue weighted by atomic mass is 10.1. The molecule has 1 N–H and O–H groups in total. The van der Waals surface area contributed by atoms with E-state index in [9.17, 15) is 0 Å². The van der Waals surface area contributed by atoms with Gasteiger partial charge in [-0.05, 0) is 25.5 Å². The Bertz CT molecular complexity index is 558. The second-order valence-electron chi connectivity index (χ2n) is 5.55. The van der Waals surface area contributed by atoms with E-state index in [2.05, 4.69) is 59.1 Å². The quantitative estimate of drug-likeness (QED) is 0.911. The van der Waals surface area contributed by atoms with Gasteiger partial charge in [-0.3, -0.25) is 4.90 Å². The van der Waals surface area contributed by atoms with Gasteiger partial charge in [0.25, 0.3) is 0 Å². The highest BCUT2D eigenvalue weighted by atomic mass is 15.2. The third-order valence-electron chi connectivity index (χ3n) is 4.06. The van der Waals surface area contributed by atoms with Crippen LogP contribution in [0.3, 0.4) is 0 Å². The first-order chi connectivity index (χ1) is 9.28. The molecule has 1 aromatic heterocycles. The molecule has 2 heterocycles. The van der Waals surface area contributed by atoms with Crippen LogP contribution in [-0.2, 0) is 13.1 Å². The largest absolute Gasteiger partial charge is 0.347 e. The smallest absolute Gasteiger partial charge is 0.0483 e. The minimum absolute atomic E-state index is 0.605. The normalized spacial score (nSPS) is 21.1. The van der Waals surface area contributed by atoms with Crippen LogP contribution in [0.5, 0.6) is 0 Å². The Morgan fingerprint density at radius 2 is 2.16 bits per heavy atom. The molecule has 0 radical (unpaired) electrons. The molecule has 2 aromatic rings. The molecule has 1 atom stereocenters. The van der Waals surface area contributed by atoms with Crippen molar-refractivity contribution >= 4 is 10.9 Å². The minimum Gasteiger partial charge on any atom is -0.347 e. The molecule has 0 amide bonds. The molecule has 3 rings (SSSR count). The SMILES string of the molecule is CCn1cc(CN2CCNC(C)C2)c2ccccc21. The summed E-state index contributed by atoms with van der Waals surface area (Å²) in [5.74, 6) is 0. The molecule has 0 saturated carbocycles. The topological polar surface area (TPSA) is 20.2 Å². The van der Waals surface area contributed by atoms with E-state index in [1.165, 1.54) is 16.5 Å². The highest BCUT2D eigenvalue weighted by Gasteiger charge is 2.17. The molecule has 3 heteroatoms. The van der Waals surface area contributed by atoms with Crippen LogP contribution in [0.1, 0.15) is 19.4 Å². The molecular weight excluding hydrogens is 234 g/mol. The zero-order chi connectivity index (χ0) is 13.2. The Kier molecular flexibility index (Phi) is 3.58. The Morgan fingerprint density at radius 3 is 2.95 bits per heavy atom. The summed E-state index contributed by atoms with van der Waals surface area (Å²) in [7, 11) is 0. The number of para-hydroxylation sites is 1. The molecule has 102 valence electrons. The Hall–Kier alpha value is -1.32. The molecule has 19 heavy (non-hydrogen) atoms. The number of nitrogens with zero attached hydrogens (tertiary/aromatic N) is 2. The number of aryl methyl sites for hydroxylation is 1. The minimum atomic E-state index is 0.605. The van der Waals surface area contributed by atoms with Crippen LogP contribution in [0, 0.1) is 0 Å². The van der Waals surface area contributed by atoms with Gasteiger partial charge in [-0.2, -0.15) is 0 Å². The molecule has 1 aromatic carbocycles. The van der Waals surface area contributed by atoms with Crippen molar-refractivity contribution in [3.63, 3.8) is 0 Å². The van der Waals surface area contributed by atoms with Crippen molar-refractivity contribution in [2.75, 3.05) is 19.6 Å². The molecule has 1 fully saturated rings. The third-order valence-corrected chi connectivity index (χ3v) is 4.06. The van der Waals surface area contributed by atoms with E-state index < -0.39 is 0 Å². The van der Waals surface area contributed by atoms with Crippen LogP contribution in [0.4, 0.5) is 0 Å². The van der Waals surface area contributed by atoms with E-state index in [1.54, 1.807) is 0 Å². The summed E-state index contributed by atoms with van der Waals surface area (Å²) in [6.45, 7) is 9.98. The number of piperazine rings is 1. The maximum Gasteiger partial charge on any atom is 0.0483 e. The predicted octanol–water partition coefficient (Wildman–Crippen LogP) is 2.45. The van der Waals surface area contributed by atoms with Crippen LogP contribution >= 0.6 is 0 Å². The van der Waals surface area contributed by atoms with Gasteiger partial charge in [-0.1, -0.05) is 18.2 Å². The first-order valence-electron chi connectivity index (χ1n) is 7.30. The van der Waals surface area contributed by atoms with Crippen LogP contribution in [0.15, 0.2) is 30.5 Å². The summed E-state index contributed by atoms with van der Waals surface area (Å²) < 4.78 is 2.36. The summed E-state index contributed by atoms with van der Waals surface area (Å²) >= 11 is 0.